The van der Waals surface area contributed by atoms with E-state index in [0.29, 0.717) is 19.1 Å². The van der Waals surface area contributed by atoms with Gasteiger partial charge in [-0.25, -0.2) is 0 Å². The number of carbonyl (C=O) groups excluding carboxylic acids is 1. The molecule has 0 saturated carbocycles. The van der Waals surface area contributed by atoms with Crippen LogP contribution in [0.3, 0.4) is 0 Å². The molecule has 2 rings (SSSR count). The van der Waals surface area contributed by atoms with Crippen LogP contribution in [0.4, 0.5) is 0 Å². The Bertz CT molecular complexity index is 403. The van der Waals surface area contributed by atoms with Crippen LogP contribution in [0.2, 0.25) is 0 Å². The SMILES string of the molecule is O=C(CCCOCCc1ccccc1)NC1CCCNC1. The number of benzene rings is 1. The first-order chi connectivity index (χ1) is 10.3. The lowest BCUT2D eigenvalue weighted by Crippen LogP contribution is -2.45. The van der Waals surface area contributed by atoms with Crippen molar-refractivity contribution in [2.45, 2.75) is 38.1 Å². The van der Waals surface area contributed by atoms with Crippen LogP contribution in [-0.2, 0) is 16.0 Å². The fourth-order valence-electron chi connectivity index (χ4n) is 2.55. The molecule has 1 amide bonds. The zero-order valence-electron chi connectivity index (χ0n) is 12.6. The molecule has 1 aliphatic heterocycles. The third kappa shape index (κ3) is 6.74. The molecule has 0 aromatic heterocycles. The quantitative estimate of drug-likeness (QED) is 0.719. The minimum atomic E-state index is 0.148. The number of nitrogens with one attached hydrogen (secondary N) is 2. The smallest absolute Gasteiger partial charge is 0.220 e. The third-order valence-electron chi connectivity index (χ3n) is 3.73. The first-order valence-corrected chi connectivity index (χ1v) is 7.96. The summed E-state index contributed by atoms with van der Waals surface area (Å²) in [7, 11) is 0. The second kappa shape index (κ2) is 9.53. The van der Waals surface area contributed by atoms with Crippen LogP contribution in [0.1, 0.15) is 31.2 Å². The van der Waals surface area contributed by atoms with Gasteiger partial charge >= 0.3 is 0 Å². The van der Waals surface area contributed by atoms with Gasteiger partial charge in [0, 0.05) is 25.6 Å². The van der Waals surface area contributed by atoms with E-state index in [9.17, 15) is 4.79 Å². The van der Waals surface area contributed by atoms with E-state index in [1.807, 2.05) is 18.2 Å². The first kappa shape index (κ1) is 16.0. The van der Waals surface area contributed by atoms with E-state index in [1.165, 1.54) is 5.56 Å². The van der Waals surface area contributed by atoms with Gasteiger partial charge in [0.2, 0.25) is 5.91 Å². The topological polar surface area (TPSA) is 50.4 Å². The summed E-state index contributed by atoms with van der Waals surface area (Å²) in [5, 5.41) is 6.38. The van der Waals surface area contributed by atoms with Gasteiger partial charge in [-0.1, -0.05) is 30.3 Å². The molecule has 1 aliphatic rings. The van der Waals surface area contributed by atoms with Crippen LogP contribution >= 0.6 is 0 Å². The molecule has 1 aromatic carbocycles. The number of rotatable bonds is 8. The second-order valence-electron chi connectivity index (χ2n) is 5.56. The average molecular weight is 290 g/mol. The molecule has 2 N–H and O–H groups in total. The van der Waals surface area contributed by atoms with E-state index < -0.39 is 0 Å². The van der Waals surface area contributed by atoms with E-state index in [-0.39, 0.29) is 5.91 Å². The maximum atomic E-state index is 11.8. The third-order valence-corrected chi connectivity index (χ3v) is 3.73. The van der Waals surface area contributed by atoms with Gasteiger partial charge in [0.15, 0.2) is 0 Å². The van der Waals surface area contributed by atoms with Crippen molar-refractivity contribution in [2.75, 3.05) is 26.3 Å². The molecule has 0 aliphatic carbocycles. The van der Waals surface area contributed by atoms with Gasteiger partial charge in [-0.05, 0) is 37.8 Å². The van der Waals surface area contributed by atoms with Crippen LogP contribution in [0.15, 0.2) is 30.3 Å². The summed E-state index contributed by atoms with van der Waals surface area (Å²) < 4.78 is 5.59. The van der Waals surface area contributed by atoms with E-state index in [1.54, 1.807) is 0 Å². The average Bonchev–Trinajstić information content (AvgIpc) is 2.53. The standard InChI is InChI=1S/C17H26N2O2/c20-17(19-16-8-4-11-18-14-16)9-5-12-21-13-10-15-6-2-1-3-7-15/h1-3,6-7,16,18H,4-5,8-14H2,(H,19,20). The van der Waals surface area contributed by atoms with Crippen LogP contribution in [-0.4, -0.2) is 38.3 Å². The minimum Gasteiger partial charge on any atom is -0.381 e. The Morgan fingerprint density at radius 2 is 2.14 bits per heavy atom. The molecule has 0 spiro atoms. The summed E-state index contributed by atoms with van der Waals surface area (Å²) in [6.45, 7) is 3.35. The van der Waals surface area contributed by atoms with E-state index in [4.69, 9.17) is 4.74 Å². The van der Waals surface area contributed by atoms with E-state index in [2.05, 4.69) is 22.8 Å². The molecule has 21 heavy (non-hydrogen) atoms. The lowest BCUT2D eigenvalue weighted by atomic mass is 10.1. The summed E-state index contributed by atoms with van der Waals surface area (Å²) in [6.07, 6.45) is 4.52. The van der Waals surface area contributed by atoms with E-state index in [0.717, 1.165) is 45.4 Å². The van der Waals surface area contributed by atoms with Crippen LogP contribution in [0.25, 0.3) is 0 Å². The van der Waals surface area contributed by atoms with Crippen LogP contribution in [0.5, 0.6) is 0 Å². The Labute approximate surface area is 127 Å². The molecule has 1 heterocycles. The Morgan fingerprint density at radius 1 is 1.29 bits per heavy atom. The fraction of sp³-hybridized carbons (Fsp3) is 0.588. The van der Waals surface area contributed by atoms with Crippen LogP contribution < -0.4 is 10.6 Å². The fourth-order valence-corrected chi connectivity index (χ4v) is 2.55. The van der Waals surface area contributed by atoms with Crippen molar-refractivity contribution in [2.24, 2.45) is 0 Å². The maximum absolute atomic E-state index is 11.8. The maximum Gasteiger partial charge on any atom is 0.220 e. The predicted octanol–water partition coefficient (Wildman–Crippen LogP) is 1.89. The molecule has 0 bridgehead atoms. The molecule has 1 atom stereocenters. The van der Waals surface area contributed by atoms with Crippen molar-refractivity contribution in [1.29, 1.82) is 0 Å². The van der Waals surface area contributed by atoms with Crippen molar-refractivity contribution in [3.63, 3.8) is 0 Å². The molecule has 1 aromatic rings. The molecule has 4 nitrogen and oxygen atoms in total. The van der Waals surface area contributed by atoms with Gasteiger partial charge in [0.05, 0.1) is 6.61 Å². The monoisotopic (exact) mass is 290 g/mol. The first-order valence-electron chi connectivity index (χ1n) is 7.96. The lowest BCUT2D eigenvalue weighted by Gasteiger charge is -2.23. The predicted molar refractivity (Wildman–Crippen MR) is 84.2 cm³/mol. The summed E-state index contributed by atoms with van der Waals surface area (Å²) in [5.74, 6) is 0.148. The van der Waals surface area contributed by atoms with Gasteiger partial charge < -0.3 is 15.4 Å². The van der Waals surface area contributed by atoms with Gasteiger partial charge in [0.1, 0.15) is 0 Å². The second-order valence-corrected chi connectivity index (χ2v) is 5.56. The lowest BCUT2D eigenvalue weighted by molar-refractivity contribution is -0.122. The Hall–Kier alpha value is -1.39. The molecular formula is C17H26N2O2. The molecule has 1 fully saturated rings. The minimum absolute atomic E-state index is 0.148. The van der Waals surface area contributed by atoms with E-state index >= 15 is 0 Å². The molecule has 0 radical (unpaired) electrons. The van der Waals surface area contributed by atoms with Gasteiger partial charge in [-0.2, -0.15) is 0 Å². The van der Waals surface area contributed by atoms with Crippen molar-refractivity contribution in [3.05, 3.63) is 35.9 Å². The number of amides is 1. The summed E-state index contributed by atoms with van der Waals surface area (Å²) in [6, 6.07) is 10.6. The van der Waals surface area contributed by atoms with Crippen molar-refractivity contribution >= 4 is 5.91 Å². The van der Waals surface area contributed by atoms with Gasteiger partial charge in [0.25, 0.3) is 0 Å². The highest BCUT2D eigenvalue weighted by Gasteiger charge is 2.14. The molecular weight excluding hydrogens is 264 g/mol. The van der Waals surface area contributed by atoms with Crippen molar-refractivity contribution in [3.8, 4) is 0 Å². The molecule has 4 heteroatoms. The summed E-state index contributed by atoms with van der Waals surface area (Å²) in [5.41, 5.74) is 1.29. The highest BCUT2D eigenvalue weighted by atomic mass is 16.5. The molecule has 116 valence electrons. The highest BCUT2D eigenvalue weighted by molar-refractivity contribution is 5.76. The summed E-state index contributed by atoms with van der Waals surface area (Å²) >= 11 is 0. The Morgan fingerprint density at radius 3 is 2.90 bits per heavy atom. The Balaban J connectivity index is 1.46. The number of ether oxygens (including phenoxy) is 1. The number of carbonyl (C=O) groups is 1. The number of hydrogen-bond donors (Lipinski definition) is 2. The van der Waals surface area contributed by atoms with Gasteiger partial charge in [-0.3, -0.25) is 4.79 Å². The van der Waals surface area contributed by atoms with Crippen molar-refractivity contribution in [1.82, 2.24) is 10.6 Å². The normalized spacial score (nSPS) is 18.4. The van der Waals surface area contributed by atoms with Crippen LogP contribution in [0, 0.1) is 0 Å². The number of hydrogen-bond acceptors (Lipinski definition) is 3. The number of piperidine rings is 1. The largest absolute Gasteiger partial charge is 0.381 e. The Kier molecular flexibility index (Phi) is 7.25. The zero-order valence-corrected chi connectivity index (χ0v) is 12.6. The zero-order chi connectivity index (χ0) is 14.8. The highest BCUT2D eigenvalue weighted by Crippen LogP contribution is 2.03. The van der Waals surface area contributed by atoms with Crippen molar-refractivity contribution < 1.29 is 9.53 Å². The molecule has 1 unspecified atom stereocenters. The molecule has 1 saturated heterocycles. The van der Waals surface area contributed by atoms with Gasteiger partial charge in [-0.15, -0.1) is 0 Å². The summed E-state index contributed by atoms with van der Waals surface area (Å²) in [4.78, 5) is 11.8.